The summed E-state index contributed by atoms with van der Waals surface area (Å²) in [6.45, 7) is 3.28. The molecule has 1 aliphatic heterocycles. The maximum Gasteiger partial charge on any atom is 0.317 e. The normalized spacial score (nSPS) is 17.3. The fraction of sp³-hybridized carbons (Fsp3) is 0.474. The van der Waals surface area contributed by atoms with Crippen LogP contribution in [0.4, 0.5) is 4.79 Å². The van der Waals surface area contributed by atoms with Crippen LogP contribution in [0.2, 0.25) is 0 Å². The molecule has 1 aromatic heterocycles. The molecule has 1 aliphatic rings. The summed E-state index contributed by atoms with van der Waals surface area (Å²) in [5.41, 5.74) is 3.30. The van der Waals surface area contributed by atoms with Crippen molar-refractivity contribution in [2.75, 3.05) is 33.7 Å². The number of nitrogens with one attached hydrogen (secondary N) is 1. The van der Waals surface area contributed by atoms with Crippen LogP contribution < -0.4 is 5.32 Å². The SMILES string of the molecule is CN(C)C[C@H]1CCN(C(=O)NCc2cccc(-c3cnn(C)c3)c2)C1. The van der Waals surface area contributed by atoms with Gasteiger partial charge < -0.3 is 15.1 Å². The first-order valence-corrected chi connectivity index (χ1v) is 8.77. The van der Waals surface area contributed by atoms with Gasteiger partial charge in [-0.2, -0.15) is 5.10 Å². The summed E-state index contributed by atoms with van der Waals surface area (Å²) in [6, 6.07) is 8.27. The second kappa shape index (κ2) is 7.70. The van der Waals surface area contributed by atoms with Gasteiger partial charge in [0, 0.05) is 45.0 Å². The number of amides is 2. The molecule has 6 nitrogen and oxygen atoms in total. The van der Waals surface area contributed by atoms with Gasteiger partial charge in [-0.15, -0.1) is 0 Å². The Morgan fingerprint density at radius 3 is 2.92 bits per heavy atom. The Morgan fingerprint density at radius 2 is 2.20 bits per heavy atom. The van der Waals surface area contributed by atoms with Crippen molar-refractivity contribution in [1.29, 1.82) is 0 Å². The molecule has 0 spiro atoms. The predicted octanol–water partition coefficient (Wildman–Crippen LogP) is 2.18. The van der Waals surface area contributed by atoms with Crippen molar-refractivity contribution in [3.63, 3.8) is 0 Å². The molecule has 1 aromatic carbocycles. The van der Waals surface area contributed by atoms with Gasteiger partial charge in [-0.25, -0.2) is 4.79 Å². The monoisotopic (exact) mass is 341 g/mol. The highest BCUT2D eigenvalue weighted by atomic mass is 16.2. The maximum atomic E-state index is 12.4. The molecular weight excluding hydrogens is 314 g/mol. The minimum Gasteiger partial charge on any atom is -0.334 e. The molecule has 2 aromatic rings. The van der Waals surface area contributed by atoms with Gasteiger partial charge in [-0.3, -0.25) is 4.68 Å². The van der Waals surface area contributed by atoms with E-state index in [1.54, 1.807) is 4.68 Å². The number of aryl methyl sites for hydroxylation is 1. The van der Waals surface area contributed by atoms with Gasteiger partial charge in [-0.05, 0) is 43.6 Å². The molecule has 2 heterocycles. The van der Waals surface area contributed by atoms with E-state index in [0.29, 0.717) is 12.5 Å². The summed E-state index contributed by atoms with van der Waals surface area (Å²) in [6.07, 6.45) is 4.93. The molecule has 3 rings (SSSR count). The van der Waals surface area contributed by atoms with E-state index in [0.717, 1.165) is 42.7 Å². The van der Waals surface area contributed by atoms with E-state index in [2.05, 4.69) is 41.5 Å². The van der Waals surface area contributed by atoms with Crippen LogP contribution in [0.5, 0.6) is 0 Å². The zero-order valence-electron chi connectivity index (χ0n) is 15.3. The quantitative estimate of drug-likeness (QED) is 0.907. The number of aromatic nitrogens is 2. The Bertz CT molecular complexity index is 724. The van der Waals surface area contributed by atoms with Gasteiger partial charge in [0.2, 0.25) is 0 Å². The Morgan fingerprint density at radius 1 is 1.36 bits per heavy atom. The summed E-state index contributed by atoms with van der Waals surface area (Å²) < 4.78 is 1.79. The van der Waals surface area contributed by atoms with Gasteiger partial charge in [0.1, 0.15) is 0 Å². The van der Waals surface area contributed by atoms with Crippen molar-refractivity contribution in [2.45, 2.75) is 13.0 Å². The number of hydrogen-bond acceptors (Lipinski definition) is 3. The number of rotatable bonds is 5. The van der Waals surface area contributed by atoms with Crippen LogP contribution in [0.15, 0.2) is 36.7 Å². The van der Waals surface area contributed by atoms with Crippen molar-refractivity contribution in [3.8, 4) is 11.1 Å². The molecule has 0 unspecified atom stereocenters. The number of benzene rings is 1. The minimum atomic E-state index is 0.0352. The van der Waals surface area contributed by atoms with Crippen molar-refractivity contribution in [2.24, 2.45) is 13.0 Å². The van der Waals surface area contributed by atoms with Crippen molar-refractivity contribution < 1.29 is 4.79 Å². The predicted molar refractivity (Wildman–Crippen MR) is 99.1 cm³/mol. The van der Waals surface area contributed by atoms with Crippen LogP contribution >= 0.6 is 0 Å². The van der Waals surface area contributed by atoms with Gasteiger partial charge in [0.05, 0.1) is 6.20 Å². The highest BCUT2D eigenvalue weighted by Gasteiger charge is 2.26. The highest BCUT2D eigenvalue weighted by molar-refractivity contribution is 5.74. The molecular formula is C19H27N5O. The number of hydrogen-bond donors (Lipinski definition) is 1. The summed E-state index contributed by atoms with van der Waals surface area (Å²) in [7, 11) is 6.07. The van der Waals surface area contributed by atoms with E-state index in [1.807, 2.05) is 36.5 Å². The molecule has 0 radical (unpaired) electrons. The zero-order valence-corrected chi connectivity index (χ0v) is 15.3. The number of nitrogens with zero attached hydrogens (tertiary/aromatic N) is 4. The van der Waals surface area contributed by atoms with Crippen LogP contribution in [0.1, 0.15) is 12.0 Å². The molecule has 1 N–H and O–H groups in total. The molecule has 1 atom stereocenters. The second-order valence-corrected chi connectivity index (χ2v) is 7.12. The molecule has 134 valence electrons. The van der Waals surface area contributed by atoms with Crippen LogP contribution in [0, 0.1) is 5.92 Å². The molecule has 1 fully saturated rings. The smallest absolute Gasteiger partial charge is 0.317 e. The lowest BCUT2D eigenvalue weighted by molar-refractivity contribution is 0.205. The van der Waals surface area contributed by atoms with Crippen LogP contribution in [0.3, 0.4) is 0 Å². The van der Waals surface area contributed by atoms with Crippen LogP contribution in [-0.2, 0) is 13.6 Å². The third-order valence-corrected chi connectivity index (χ3v) is 4.61. The van der Waals surface area contributed by atoms with Crippen LogP contribution in [0.25, 0.3) is 11.1 Å². The minimum absolute atomic E-state index is 0.0352. The number of carbonyl (C=O) groups is 1. The molecule has 0 saturated carbocycles. The first-order valence-electron chi connectivity index (χ1n) is 8.77. The number of likely N-dealkylation sites (tertiary alicyclic amines) is 1. The standard InChI is InChI=1S/C19H27N5O/c1-22(2)12-16-7-8-24(13-16)19(25)20-10-15-5-4-6-17(9-15)18-11-21-23(3)14-18/h4-6,9,11,14,16H,7-8,10,12-13H2,1-3H3,(H,20,25)/t16-/m1/s1. The van der Waals surface area contributed by atoms with E-state index in [1.165, 1.54) is 0 Å². The summed E-state index contributed by atoms with van der Waals surface area (Å²) in [5.74, 6) is 0.578. The van der Waals surface area contributed by atoms with E-state index >= 15 is 0 Å². The summed E-state index contributed by atoms with van der Waals surface area (Å²) in [5, 5.41) is 7.26. The Kier molecular flexibility index (Phi) is 5.38. The molecule has 0 bridgehead atoms. The van der Waals surface area contributed by atoms with Gasteiger partial charge in [0.25, 0.3) is 0 Å². The summed E-state index contributed by atoms with van der Waals surface area (Å²) >= 11 is 0. The zero-order chi connectivity index (χ0) is 17.8. The maximum absolute atomic E-state index is 12.4. The van der Waals surface area contributed by atoms with E-state index in [9.17, 15) is 4.79 Å². The van der Waals surface area contributed by atoms with Gasteiger partial charge in [0.15, 0.2) is 0 Å². The van der Waals surface area contributed by atoms with E-state index in [4.69, 9.17) is 0 Å². The molecule has 2 amide bonds. The summed E-state index contributed by atoms with van der Waals surface area (Å²) in [4.78, 5) is 16.5. The topological polar surface area (TPSA) is 53.4 Å². The van der Waals surface area contributed by atoms with Crippen molar-refractivity contribution in [3.05, 3.63) is 42.2 Å². The van der Waals surface area contributed by atoms with Gasteiger partial charge >= 0.3 is 6.03 Å². The average Bonchev–Trinajstić information content (AvgIpc) is 3.21. The highest BCUT2D eigenvalue weighted by Crippen LogP contribution is 2.20. The molecule has 6 heteroatoms. The third kappa shape index (κ3) is 4.60. The second-order valence-electron chi connectivity index (χ2n) is 7.12. The third-order valence-electron chi connectivity index (χ3n) is 4.61. The average molecular weight is 341 g/mol. The Labute approximate surface area is 149 Å². The molecule has 0 aliphatic carbocycles. The first-order chi connectivity index (χ1) is 12.0. The fourth-order valence-corrected chi connectivity index (χ4v) is 3.40. The van der Waals surface area contributed by atoms with Crippen molar-refractivity contribution >= 4 is 6.03 Å². The first kappa shape index (κ1) is 17.5. The lowest BCUT2D eigenvalue weighted by atomic mass is 10.1. The lowest BCUT2D eigenvalue weighted by Crippen LogP contribution is -2.38. The lowest BCUT2D eigenvalue weighted by Gasteiger charge is -2.19. The Hall–Kier alpha value is -2.34. The Balaban J connectivity index is 1.54. The van der Waals surface area contributed by atoms with Crippen LogP contribution in [-0.4, -0.2) is 59.3 Å². The van der Waals surface area contributed by atoms with Crippen molar-refractivity contribution in [1.82, 2.24) is 24.9 Å². The number of urea groups is 1. The van der Waals surface area contributed by atoms with E-state index < -0.39 is 0 Å². The molecule has 25 heavy (non-hydrogen) atoms. The van der Waals surface area contributed by atoms with E-state index in [-0.39, 0.29) is 6.03 Å². The van der Waals surface area contributed by atoms with Gasteiger partial charge in [-0.1, -0.05) is 18.2 Å². The molecule has 1 saturated heterocycles. The largest absolute Gasteiger partial charge is 0.334 e. The fourth-order valence-electron chi connectivity index (χ4n) is 3.40. The number of carbonyl (C=O) groups excluding carboxylic acids is 1.